The van der Waals surface area contributed by atoms with E-state index in [2.05, 4.69) is 15.0 Å². The highest BCUT2D eigenvalue weighted by molar-refractivity contribution is 7.92. The second kappa shape index (κ2) is 6.11. The summed E-state index contributed by atoms with van der Waals surface area (Å²) in [4.78, 5) is 4.47. The molecule has 0 bridgehead atoms. The maximum atomic E-state index is 11.4. The fourth-order valence-corrected chi connectivity index (χ4v) is 3.20. The first kappa shape index (κ1) is 15.9. The predicted octanol–water partition coefficient (Wildman–Crippen LogP) is 1.35. The van der Waals surface area contributed by atoms with Crippen molar-refractivity contribution in [2.24, 2.45) is 4.99 Å². The lowest BCUT2D eigenvalue weighted by molar-refractivity contribution is 0.283. The van der Waals surface area contributed by atoms with Crippen LogP contribution in [-0.2, 0) is 10.0 Å². The Morgan fingerprint density at radius 1 is 1.43 bits per heavy atom. The molecule has 2 aliphatic rings. The third-order valence-electron chi connectivity index (χ3n) is 3.40. The highest BCUT2D eigenvalue weighted by Gasteiger charge is 2.29. The molecule has 1 atom stereocenters. The summed E-state index contributed by atoms with van der Waals surface area (Å²) < 4.78 is 31.0. The predicted molar refractivity (Wildman–Crippen MR) is 85.3 cm³/mol. The van der Waals surface area contributed by atoms with Crippen molar-refractivity contribution >= 4 is 34.0 Å². The molecule has 1 aromatic carbocycles. The van der Waals surface area contributed by atoms with Crippen LogP contribution in [0, 0.1) is 0 Å². The molecule has 116 valence electrons. The standard InChI is InChI=1S/C13H17N3O3S.ClH/c1-20(17,18)16-11-4-2-3-9-10(5-8-19-12(9)11)13-14-6-7-15-13;/h2-4,10,16H,5-8H2,1H3,(H,14,15);1H. The Labute approximate surface area is 130 Å². The normalized spacial score (nSPS) is 20.4. The third kappa shape index (κ3) is 3.41. The van der Waals surface area contributed by atoms with E-state index in [1.807, 2.05) is 12.1 Å². The van der Waals surface area contributed by atoms with Crippen LogP contribution in [0.5, 0.6) is 5.75 Å². The molecule has 0 radical (unpaired) electrons. The lowest BCUT2D eigenvalue weighted by atomic mass is 9.91. The lowest BCUT2D eigenvalue weighted by Gasteiger charge is -2.27. The van der Waals surface area contributed by atoms with Crippen LogP contribution in [0.3, 0.4) is 0 Å². The average molecular weight is 332 g/mol. The van der Waals surface area contributed by atoms with Crippen molar-refractivity contribution in [1.82, 2.24) is 5.32 Å². The number of hydrogen-bond donors (Lipinski definition) is 2. The van der Waals surface area contributed by atoms with Crippen LogP contribution in [0.1, 0.15) is 17.9 Å². The van der Waals surface area contributed by atoms with Gasteiger partial charge in [-0.15, -0.1) is 12.4 Å². The molecule has 8 heteroatoms. The number of sulfonamides is 1. The summed E-state index contributed by atoms with van der Waals surface area (Å²) in [6, 6.07) is 5.52. The Kier molecular flexibility index (Phi) is 4.63. The second-order valence-electron chi connectivity index (χ2n) is 4.98. The topological polar surface area (TPSA) is 79.8 Å². The van der Waals surface area contributed by atoms with Gasteiger partial charge in [0.05, 0.1) is 25.1 Å². The molecule has 0 spiro atoms. The minimum atomic E-state index is -3.32. The van der Waals surface area contributed by atoms with Crippen LogP contribution in [0.4, 0.5) is 5.69 Å². The highest BCUT2D eigenvalue weighted by atomic mass is 35.5. The lowest BCUT2D eigenvalue weighted by Crippen LogP contribution is -2.30. The summed E-state index contributed by atoms with van der Waals surface area (Å²) in [7, 11) is -3.32. The van der Waals surface area contributed by atoms with E-state index in [4.69, 9.17) is 4.74 Å². The zero-order valence-electron chi connectivity index (χ0n) is 11.6. The maximum absolute atomic E-state index is 11.4. The van der Waals surface area contributed by atoms with Gasteiger partial charge in [0.15, 0.2) is 0 Å². The zero-order valence-corrected chi connectivity index (χ0v) is 13.3. The largest absolute Gasteiger partial charge is 0.491 e. The molecule has 1 aromatic rings. The number of nitrogens with one attached hydrogen (secondary N) is 2. The first-order chi connectivity index (χ1) is 9.54. The quantitative estimate of drug-likeness (QED) is 0.876. The molecule has 0 saturated heterocycles. The average Bonchev–Trinajstić information content (AvgIpc) is 2.90. The number of para-hydroxylation sites is 1. The van der Waals surface area contributed by atoms with Crippen LogP contribution in [0.25, 0.3) is 0 Å². The van der Waals surface area contributed by atoms with Crippen molar-refractivity contribution in [2.45, 2.75) is 12.3 Å². The summed E-state index contributed by atoms with van der Waals surface area (Å²) in [6.45, 7) is 2.22. The van der Waals surface area contributed by atoms with Gasteiger partial charge in [0.1, 0.15) is 11.6 Å². The molecule has 3 rings (SSSR count). The molecule has 2 N–H and O–H groups in total. The van der Waals surface area contributed by atoms with E-state index < -0.39 is 10.0 Å². The first-order valence-corrected chi connectivity index (χ1v) is 8.45. The van der Waals surface area contributed by atoms with E-state index in [1.165, 1.54) is 0 Å². The summed E-state index contributed by atoms with van der Waals surface area (Å²) in [5.41, 5.74) is 1.48. The number of anilines is 1. The first-order valence-electron chi connectivity index (χ1n) is 6.56. The van der Waals surface area contributed by atoms with Gasteiger partial charge in [-0.05, 0) is 12.5 Å². The molecule has 6 nitrogen and oxygen atoms in total. The Morgan fingerprint density at radius 3 is 2.90 bits per heavy atom. The number of hydrogen-bond acceptors (Lipinski definition) is 5. The Hall–Kier alpha value is -1.47. The number of rotatable bonds is 3. The Balaban J connectivity index is 0.00000161. The van der Waals surface area contributed by atoms with E-state index in [1.54, 1.807) is 6.07 Å². The van der Waals surface area contributed by atoms with Gasteiger partial charge in [0, 0.05) is 18.0 Å². The van der Waals surface area contributed by atoms with Crippen molar-refractivity contribution in [1.29, 1.82) is 0 Å². The number of halogens is 1. The van der Waals surface area contributed by atoms with Gasteiger partial charge in [0.25, 0.3) is 0 Å². The molecule has 1 unspecified atom stereocenters. The number of ether oxygens (including phenoxy) is 1. The molecule has 0 fully saturated rings. The Morgan fingerprint density at radius 2 is 2.24 bits per heavy atom. The van der Waals surface area contributed by atoms with Crippen molar-refractivity contribution in [3.05, 3.63) is 23.8 Å². The number of aliphatic imine (C=N–C) groups is 1. The monoisotopic (exact) mass is 331 g/mol. The summed E-state index contributed by atoms with van der Waals surface area (Å²) in [5, 5.41) is 3.29. The molecule has 0 aliphatic carbocycles. The van der Waals surface area contributed by atoms with Crippen LogP contribution < -0.4 is 14.8 Å². The summed E-state index contributed by atoms with van der Waals surface area (Å²) in [5.74, 6) is 1.75. The fraction of sp³-hybridized carbons (Fsp3) is 0.462. The van der Waals surface area contributed by atoms with Crippen LogP contribution in [0.2, 0.25) is 0 Å². The smallest absolute Gasteiger partial charge is 0.229 e. The molecular formula is C13H18ClN3O3S. The number of fused-ring (bicyclic) bond motifs is 1. The second-order valence-corrected chi connectivity index (χ2v) is 6.73. The van der Waals surface area contributed by atoms with Crippen LogP contribution in [-0.4, -0.2) is 40.2 Å². The number of benzene rings is 1. The summed E-state index contributed by atoms with van der Waals surface area (Å²) in [6.07, 6.45) is 1.98. The molecule has 21 heavy (non-hydrogen) atoms. The SMILES string of the molecule is CS(=O)(=O)Nc1cccc2c1OCCC2C1=NCCN1.Cl. The molecule has 2 heterocycles. The Bertz CT molecular complexity index is 661. The molecule has 0 aromatic heterocycles. The third-order valence-corrected chi connectivity index (χ3v) is 3.99. The van der Waals surface area contributed by atoms with Gasteiger partial charge in [-0.3, -0.25) is 9.71 Å². The van der Waals surface area contributed by atoms with Gasteiger partial charge in [-0.25, -0.2) is 8.42 Å². The van der Waals surface area contributed by atoms with E-state index in [0.29, 0.717) is 18.0 Å². The van der Waals surface area contributed by atoms with Gasteiger partial charge in [-0.2, -0.15) is 0 Å². The minimum Gasteiger partial charge on any atom is -0.491 e. The molecular weight excluding hydrogens is 314 g/mol. The van der Waals surface area contributed by atoms with Gasteiger partial charge in [-0.1, -0.05) is 12.1 Å². The van der Waals surface area contributed by atoms with Gasteiger partial charge in [0.2, 0.25) is 10.0 Å². The van der Waals surface area contributed by atoms with E-state index in [-0.39, 0.29) is 18.3 Å². The molecule has 0 amide bonds. The van der Waals surface area contributed by atoms with Crippen molar-refractivity contribution < 1.29 is 13.2 Å². The zero-order chi connectivity index (χ0) is 14.2. The van der Waals surface area contributed by atoms with Crippen molar-refractivity contribution in [3.63, 3.8) is 0 Å². The van der Waals surface area contributed by atoms with Crippen molar-refractivity contribution in [2.75, 3.05) is 30.7 Å². The highest BCUT2D eigenvalue weighted by Crippen LogP contribution is 2.40. The minimum absolute atomic E-state index is 0. The van der Waals surface area contributed by atoms with Crippen LogP contribution in [0.15, 0.2) is 23.2 Å². The number of nitrogens with zero attached hydrogens (tertiary/aromatic N) is 1. The molecule has 0 saturated carbocycles. The van der Waals surface area contributed by atoms with Gasteiger partial charge < -0.3 is 10.1 Å². The fourth-order valence-electron chi connectivity index (χ4n) is 2.64. The maximum Gasteiger partial charge on any atom is 0.229 e. The summed E-state index contributed by atoms with van der Waals surface area (Å²) >= 11 is 0. The molecule has 2 aliphatic heterocycles. The van der Waals surface area contributed by atoms with E-state index >= 15 is 0 Å². The number of amidine groups is 1. The van der Waals surface area contributed by atoms with E-state index in [0.717, 1.165) is 37.2 Å². The van der Waals surface area contributed by atoms with E-state index in [9.17, 15) is 8.42 Å². The van der Waals surface area contributed by atoms with Crippen LogP contribution >= 0.6 is 12.4 Å². The van der Waals surface area contributed by atoms with Gasteiger partial charge >= 0.3 is 0 Å². The van der Waals surface area contributed by atoms with Crippen molar-refractivity contribution in [3.8, 4) is 5.75 Å².